The van der Waals surface area contributed by atoms with E-state index < -0.39 is 24.0 Å². The minimum Gasteiger partial charge on any atom is -0.508 e. The smallest absolute Gasteiger partial charge is 0.247 e. The number of carbonyl (C=O) groups excluding carboxylic acids is 3. The number of piperazine rings is 1. The van der Waals surface area contributed by atoms with Crippen LogP contribution < -0.4 is 5.32 Å². The molecule has 0 spiro atoms. The van der Waals surface area contributed by atoms with E-state index >= 15 is 0 Å². The van der Waals surface area contributed by atoms with Crippen LogP contribution in [-0.4, -0.2) is 51.3 Å². The third-order valence-corrected chi connectivity index (χ3v) is 8.48. The van der Waals surface area contributed by atoms with Gasteiger partial charge in [-0.1, -0.05) is 91.0 Å². The van der Waals surface area contributed by atoms with Crippen LogP contribution in [0.3, 0.4) is 0 Å². The minimum atomic E-state index is -1.08. The Morgan fingerprint density at radius 3 is 2.25 bits per heavy atom. The zero-order valence-electron chi connectivity index (χ0n) is 24.1. The lowest BCUT2D eigenvalue weighted by Crippen LogP contribution is -2.68. The summed E-state index contributed by atoms with van der Waals surface area (Å²) in [6.45, 7) is 8.01. The van der Waals surface area contributed by atoms with Gasteiger partial charge in [0.15, 0.2) is 5.69 Å². The molecule has 2 N–H and O–H groups in total. The Kier molecular flexibility index (Phi) is 8.11. The highest BCUT2D eigenvalue weighted by Crippen LogP contribution is 2.36. The lowest BCUT2D eigenvalue weighted by molar-refractivity contribution is -0.168. The molecule has 1 unspecified atom stereocenters. The van der Waals surface area contributed by atoms with Crippen LogP contribution in [0, 0.1) is 6.57 Å². The lowest BCUT2D eigenvalue weighted by Gasteiger charge is -2.49. The van der Waals surface area contributed by atoms with Crippen LogP contribution in [0.25, 0.3) is 4.85 Å². The van der Waals surface area contributed by atoms with Gasteiger partial charge in [0.25, 0.3) is 0 Å². The van der Waals surface area contributed by atoms with Gasteiger partial charge in [-0.25, -0.2) is 4.85 Å². The van der Waals surface area contributed by atoms with Crippen molar-refractivity contribution in [1.29, 1.82) is 0 Å². The fourth-order valence-corrected chi connectivity index (χ4v) is 6.20. The van der Waals surface area contributed by atoms with Crippen molar-refractivity contribution in [3.8, 4) is 5.75 Å². The summed E-state index contributed by atoms with van der Waals surface area (Å²) >= 11 is 0. The number of phenolic OH excluding ortho intramolecular Hbond substituents is 1. The van der Waals surface area contributed by atoms with Crippen LogP contribution in [0.1, 0.15) is 33.9 Å². The second-order valence-corrected chi connectivity index (χ2v) is 11.2. The molecule has 4 aromatic rings. The molecule has 3 atom stereocenters. The van der Waals surface area contributed by atoms with Crippen LogP contribution in [0.4, 0.5) is 5.69 Å². The Morgan fingerprint density at radius 1 is 0.864 bits per heavy atom. The summed E-state index contributed by atoms with van der Waals surface area (Å²) < 4.78 is 0. The highest BCUT2D eigenvalue weighted by Gasteiger charge is 2.51. The van der Waals surface area contributed by atoms with Gasteiger partial charge in [0.05, 0.1) is 6.57 Å². The van der Waals surface area contributed by atoms with E-state index in [1.807, 2.05) is 54.6 Å². The molecule has 3 amide bonds. The molecule has 0 aromatic heterocycles. The lowest BCUT2D eigenvalue weighted by atomic mass is 9.87. The van der Waals surface area contributed by atoms with Gasteiger partial charge in [-0.05, 0) is 46.4 Å². The molecule has 2 aliphatic heterocycles. The zero-order chi connectivity index (χ0) is 30.6. The summed E-state index contributed by atoms with van der Waals surface area (Å²) in [5, 5.41) is 12.6. The van der Waals surface area contributed by atoms with Crippen molar-refractivity contribution < 1.29 is 19.5 Å². The Morgan fingerprint density at radius 2 is 1.55 bits per heavy atom. The van der Waals surface area contributed by atoms with Crippen LogP contribution in [-0.2, 0) is 40.2 Å². The fraction of sp³-hybridized carbons (Fsp3) is 0.222. The first kappa shape index (κ1) is 28.7. The Balaban J connectivity index is 1.38. The average Bonchev–Trinajstić information content (AvgIpc) is 3.06. The van der Waals surface area contributed by atoms with Gasteiger partial charge < -0.3 is 20.2 Å². The molecule has 8 nitrogen and oxygen atoms in total. The van der Waals surface area contributed by atoms with Gasteiger partial charge >= 0.3 is 0 Å². The van der Waals surface area contributed by atoms with Crippen molar-refractivity contribution in [3.05, 3.63) is 142 Å². The van der Waals surface area contributed by atoms with Gasteiger partial charge in [-0.3, -0.25) is 14.4 Å². The quantitative estimate of drug-likeness (QED) is 0.293. The number of nitrogens with zero attached hydrogens (tertiary/aromatic N) is 3. The fourth-order valence-electron chi connectivity index (χ4n) is 6.20. The molecule has 1 saturated heterocycles. The van der Waals surface area contributed by atoms with E-state index in [4.69, 9.17) is 6.57 Å². The summed E-state index contributed by atoms with van der Waals surface area (Å²) in [4.78, 5) is 49.7. The van der Waals surface area contributed by atoms with Crippen LogP contribution >= 0.6 is 0 Å². The number of hydrogen-bond donors (Lipinski definition) is 2. The summed E-state index contributed by atoms with van der Waals surface area (Å²) in [6, 6.07) is 28.1. The van der Waals surface area contributed by atoms with Crippen molar-refractivity contribution >= 4 is 23.4 Å². The third-order valence-electron chi connectivity index (χ3n) is 8.48. The second-order valence-electron chi connectivity index (χ2n) is 11.2. The van der Waals surface area contributed by atoms with E-state index in [0.717, 1.165) is 22.3 Å². The summed E-state index contributed by atoms with van der Waals surface area (Å²) in [6.07, 6.45) is 1.15. The first-order valence-corrected chi connectivity index (χ1v) is 14.7. The van der Waals surface area contributed by atoms with Crippen LogP contribution in [0.15, 0.2) is 103 Å². The molecule has 1 fully saturated rings. The summed E-state index contributed by atoms with van der Waals surface area (Å²) in [7, 11) is 0. The van der Waals surface area contributed by atoms with Crippen molar-refractivity contribution in [2.45, 2.75) is 43.9 Å². The molecule has 6 rings (SSSR count). The van der Waals surface area contributed by atoms with Gasteiger partial charge in [-0.2, -0.15) is 0 Å². The molecular formula is C36H32N4O4. The number of benzene rings is 4. The van der Waals surface area contributed by atoms with Gasteiger partial charge in [0.2, 0.25) is 17.7 Å². The number of aromatic hydroxyl groups is 1. The second kappa shape index (κ2) is 12.4. The normalized spacial score (nSPS) is 18.2. The van der Waals surface area contributed by atoms with Gasteiger partial charge in [0, 0.05) is 25.9 Å². The van der Waals surface area contributed by atoms with Gasteiger partial charge in [-0.15, -0.1) is 0 Å². The first-order valence-electron chi connectivity index (χ1n) is 14.7. The number of nitrogens with one attached hydrogen (secondary N) is 1. The van der Waals surface area contributed by atoms with Crippen molar-refractivity contribution in [2.75, 3.05) is 6.54 Å². The molecule has 2 heterocycles. The highest BCUT2D eigenvalue weighted by atomic mass is 16.3. The van der Waals surface area contributed by atoms with Crippen molar-refractivity contribution in [3.63, 3.8) is 0 Å². The third kappa shape index (κ3) is 5.77. The van der Waals surface area contributed by atoms with E-state index in [0.29, 0.717) is 37.2 Å². The highest BCUT2D eigenvalue weighted by molar-refractivity contribution is 6.00. The molecular weight excluding hydrogens is 552 g/mol. The van der Waals surface area contributed by atoms with Crippen LogP contribution in [0.5, 0.6) is 5.75 Å². The Labute approximate surface area is 256 Å². The summed E-state index contributed by atoms with van der Waals surface area (Å²) in [5.41, 5.74) is 4.81. The van der Waals surface area contributed by atoms with E-state index in [2.05, 4.69) is 10.2 Å². The zero-order valence-corrected chi connectivity index (χ0v) is 24.1. The molecule has 0 saturated carbocycles. The number of phenols is 1. The first-order chi connectivity index (χ1) is 21.4. The van der Waals surface area contributed by atoms with Crippen LogP contribution in [0.2, 0.25) is 0 Å². The topological polar surface area (TPSA) is 94.3 Å². The van der Waals surface area contributed by atoms with Crippen molar-refractivity contribution in [2.24, 2.45) is 0 Å². The molecule has 8 heteroatoms. The molecule has 0 bridgehead atoms. The predicted octanol–water partition coefficient (Wildman–Crippen LogP) is 4.75. The maximum Gasteiger partial charge on any atom is 0.247 e. The average molecular weight is 585 g/mol. The number of amides is 3. The minimum absolute atomic E-state index is 0.165. The number of carbonyl (C=O) groups is 3. The van der Waals surface area contributed by atoms with E-state index in [1.165, 1.54) is 4.90 Å². The van der Waals surface area contributed by atoms with E-state index in [9.17, 15) is 19.5 Å². The summed E-state index contributed by atoms with van der Waals surface area (Å²) in [5.74, 6) is -0.693. The predicted molar refractivity (Wildman–Crippen MR) is 166 cm³/mol. The molecule has 2 aliphatic rings. The number of rotatable bonds is 8. The monoisotopic (exact) mass is 584 g/mol. The maximum absolute atomic E-state index is 14.6. The molecule has 44 heavy (non-hydrogen) atoms. The van der Waals surface area contributed by atoms with E-state index in [1.54, 1.807) is 53.4 Å². The maximum atomic E-state index is 14.6. The SMILES string of the molecule is [C-]#[N+]c1ccc(C(C(=O)NCCc2ccc(O)cc2)N2C(=O)[C@@H]3Cc4ccccc4CN3C(=O)[C@@H]2Cc2ccccc2)cc1. The van der Waals surface area contributed by atoms with E-state index in [-0.39, 0.29) is 24.0 Å². The molecule has 0 aliphatic carbocycles. The molecule has 4 aromatic carbocycles. The molecule has 0 radical (unpaired) electrons. The van der Waals surface area contributed by atoms with Gasteiger partial charge in [0.1, 0.15) is 23.9 Å². The number of fused-ring (bicyclic) bond motifs is 2. The van der Waals surface area contributed by atoms with Crippen molar-refractivity contribution in [1.82, 2.24) is 15.1 Å². The number of hydrogen-bond acceptors (Lipinski definition) is 4. The largest absolute Gasteiger partial charge is 0.508 e. The Hall–Kier alpha value is -5.42. The standard InChI is InChI=1S/C36H32N4O4/c1-37-29-15-13-26(14-16-29)33(34(42)38-20-19-24-11-17-30(41)18-12-24)40-32(21-25-7-3-2-4-8-25)35(43)39-23-28-10-6-5-9-27(28)22-31(39)36(40)44/h2-18,31-33,41H,19-23H2,(H,38,42)/t31-,32-,33?/m0/s1. The molecule has 220 valence electrons. The Bertz CT molecular complexity index is 1710.